The molecule has 0 saturated heterocycles. The number of alkyl halides is 6. The third-order valence-electron chi connectivity index (χ3n) is 9.80. The number of fused-ring (bicyclic) bond motifs is 10. The summed E-state index contributed by atoms with van der Waals surface area (Å²) >= 11 is 0. The van der Waals surface area contributed by atoms with Gasteiger partial charge in [0, 0.05) is 22.3 Å². The highest BCUT2D eigenvalue weighted by Gasteiger charge is 2.30. The van der Waals surface area contributed by atoms with E-state index in [0.29, 0.717) is 66.9 Å². The quantitative estimate of drug-likeness (QED) is 0.0997. The molecular formula is C48H22F6O4. The van der Waals surface area contributed by atoms with Gasteiger partial charge in [-0.3, -0.25) is 0 Å². The van der Waals surface area contributed by atoms with Crippen LogP contribution in [0.4, 0.5) is 26.3 Å². The Kier molecular flexibility index (Phi) is 7.83. The van der Waals surface area contributed by atoms with Crippen LogP contribution in [0.2, 0.25) is 0 Å². The second kappa shape index (κ2) is 13.0. The van der Waals surface area contributed by atoms with Gasteiger partial charge in [-0.15, -0.1) is 0 Å². The molecule has 4 nitrogen and oxygen atoms in total. The maximum Gasteiger partial charge on any atom is 0.416 e. The third-order valence-corrected chi connectivity index (χ3v) is 9.80. The summed E-state index contributed by atoms with van der Waals surface area (Å²) in [6.07, 6.45) is -4.85. The van der Waals surface area contributed by atoms with Gasteiger partial charge in [-0.1, -0.05) is 48.0 Å². The third kappa shape index (κ3) is 6.31. The fourth-order valence-electron chi connectivity index (χ4n) is 6.88. The highest BCUT2D eigenvalue weighted by Crippen LogP contribution is 2.39. The van der Waals surface area contributed by atoms with E-state index in [2.05, 4.69) is 23.7 Å². The van der Waals surface area contributed by atoms with Crippen molar-refractivity contribution in [2.24, 2.45) is 0 Å². The van der Waals surface area contributed by atoms with E-state index in [1.807, 2.05) is 60.7 Å². The van der Waals surface area contributed by atoms with Gasteiger partial charge in [0.2, 0.25) is 0 Å². The standard InChI is InChI=1S/C48H22F6O4/c49-47(50,51)33-15-7-27(8-16-33)1-3-29-11-19-39-35(23-29)43-45(55-39)37-25-31(13-21-41(37)57-43)5-6-32-14-22-42-38(26-32)46-44(58-42)36-24-30(12-20-40(36)56-46)4-2-28-9-17-34(18-10-28)48(52,53)54/h5-26H/b6-5+. The van der Waals surface area contributed by atoms with Crippen molar-refractivity contribution in [3.8, 4) is 23.7 Å². The highest BCUT2D eigenvalue weighted by molar-refractivity contribution is 6.14. The molecule has 0 aliphatic rings. The van der Waals surface area contributed by atoms with E-state index in [9.17, 15) is 26.3 Å². The Hall–Kier alpha value is -7.56. The van der Waals surface area contributed by atoms with Crippen LogP contribution in [-0.2, 0) is 12.4 Å². The lowest BCUT2D eigenvalue weighted by Crippen LogP contribution is -2.04. The molecule has 0 aliphatic heterocycles. The maximum absolute atomic E-state index is 12.9. The van der Waals surface area contributed by atoms with Crippen LogP contribution in [0.1, 0.15) is 44.5 Å². The predicted molar refractivity (Wildman–Crippen MR) is 211 cm³/mol. The Morgan fingerprint density at radius 3 is 0.983 bits per heavy atom. The Balaban J connectivity index is 0.911. The van der Waals surface area contributed by atoms with E-state index in [4.69, 9.17) is 17.7 Å². The number of hydrogen-bond donors (Lipinski definition) is 0. The van der Waals surface area contributed by atoms with Gasteiger partial charge in [0.05, 0.1) is 32.7 Å². The SMILES string of the molecule is FC(F)(F)c1ccc(C#Cc2ccc3oc4c5cc(/C=C/c6ccc7oc8c9cc(C#Cc%10ccc(C(F)(F)F)cc%10)ccc9oc8c7c6)ccc5oc4c3c2)cc1. The molecule has 0 bridgehead atoms. The van der Waals surface area contributed by atoms with E-state index in [-0.39, 0.29) is 0 Å². The van der Waals surface area contributed by atoms with Crippen molar-refractivity contribution < 1.29 is 44.0 Å². The predicted octanol–water partition coefficient (Wildman–Crippen LogP) is 14.0. The molecule has 0 aliphatic carbocycles. The Labute approximate surface area is 323 Å². The van der Waals surface area contributed by atoms with Crippen LogP contribution in [0.5, 0.6) is 0 Å². The van der Waals surface area contributed by atoms with Gasteiger partial charge in [0.1, 0.15) is 22.3 Å². The zero-order chi connectivity index (χ0) is 39.8. The molecule has 0 N–H and O–H groups in total. The van der Waals surface area contributed by atoms with Gasteiger partial charge in [-0.25, -0.2) is 0 Å². The molecule has 0 unspecified atom stereocenters. The molecular weight excluding hydrogens is 755 g/mol. The number of furan rings is 4. The van der Waals surface area contributed by atoms with E-state index in [1.54, 1.807) is 24.3 Å². The van der Waals surface area contributed by atoms with E-state index >= 15 is 0 Å². The van der Waals surface area contributed by atoms with Crippen molar-refractivity contribution in [3.63, 3.8) is 0 Å². The molecule has 0 amide bonds. The number of halogens is 6. The first-order chi connectivity index (χ1) is 27.9. The van der Waals surface area contributed by atoms with Crippen LogP contribution in [0.15, 0.2) is 139 Å². The van der Waals surface area contributed by atoms with Crippen LogP contribution >= 0.6 is 0 Å². The topological polar surface area (TPSA) is 52.6 Å². The first kappa shape index (κ1) is 34.9. The smallest absolute Gasteiger partial charge is 0.416 e. The van der Waals surface area contributed by atoms with E-state index in [0.717, 1.165) is 56.9 Å². The minimum absolute atomic E-state index is 0.462. The van der Waals surface area contributed by atoms with Crippen molar-refractivity contribution in [1.82, 2.24) is 0 Å². The fraction of sp³-hybridized carbons (Fsp3) is 0.0417. The van der Waals surface area contributed by atoms with Crippen molar-refractivity contribution >= 4 is 78.4 Å². The van der Waals surface area contributed by atoms with Gasteiger partial charge in [0.15, 0.2) is 22.3 Å². The zero-order valence-electron chi connectivity index (χ0n) is 29.6. The Morgan fingerprint density at radius 1 is 0.345 bits per heavy atom. The largest absolute Gasteiger partial charge is 0.452 e. The van der Waals surface area contributed by atoms with Gasteiger partial charge in [0.25, 0.3) is 0 Å². The number of benzene rings is 6. The van der Waals surface area contributed by atoms with E-state index < -0.39 is 23.5 Å². The first-order valence-corrected chi connectivity index (χ1v) is 17.8. The van der Waals surface area contributed by atoms with Crippen LogP contribution in [0, 0.1) is 23.7 Å². The average molecular weight is 777 g/mol. The number of hydrogen-bond acceptors (Lipinski definition) is 4. The van der Waals surface area contributed by atoms with Gasteiger partial charge < -0.3 is 17.7 Å². The van der Waals surface area contributed by atoms with Crippen LogP contribution < -0.4 is 0 Å². The molecule has 4 heterocycles. The normalized spacial score (nSPS) is 12.3. The van der Waals surface area contributed by atoms with E-state index in [1.165, 1.54) is 24.3 Å². The van der Waals surface area contributed by atoms with Crippen molar-refractivity contribution in [2.45, 2.75) is 12.4 Å². The van der Waals surface area contributed by atoms with Crippen LogP contribution in [0.3, 0.4) is 0 Å². The summed E-state index contributed by atoms with van der Waals surface area (Å²) < 4.78 is 102. The summed E-state index contributed by atoms with van der Waals surface area (Å²) in [6.45, 7) is 0. The second-order valence-corrected chi connectivity index (χ2v) is 13.6. The molecule has 58 heavy (non-hydrogen) atoms. The van der Waals surface area contributed by atoms with Crippen molar-refractivity contribution in [1.29, 1.82) is 0 Å². The fourth-order valence-corrected chi connectivity index (χ4v) is 6.88. The molecule has 10 rings (SSSR count). The zero-order valence-corrected chi connectivity index (χ0v) is 29.6. The van der Waals surface area contributed by atoms with Crippen LogP contribution in [0.25, 0.3) is 78.4 Å². The van der Waals surface area contributed by atoms with Crippen molar-refractivity contribution in [3.05, 3.63) is 166 Å². The van der Waals surface area contributed by atoms with Crippen molar-refractivity contribution in [2.75, 3.05) is 0 Å². The minimum atomic E-state index is -4.41. The Bertz CT molecular complexity index is 3190. The summed E-state index contributed by atoms with van der Waals surface area (Å²) in [6, 6.07) is 31.9. The van der Waals surface area contributed by atoms with Gasteiger partial charge >= 0.3 is 12.4 Å². The molecule has 10 heteroatoms. The van der Waals surface area contributed by atoms with Crippen LogP contribution in [-0.4, -0.2) is 0 Å². The summed E-state index contributed by atoms with van der Waals surface area (Å²) in [5, 5.41) is 3.05. The molecule has 280 valence electrons. The molecule has 0 atom stereocenters. The van der Waals surface area contributed by atoms with Gasteiger partial charge in [-0.2, -0.15) is 26.3 Å². The van der Waals surface area contributed by atoms with Gasteiger partial charge in [-0.05, 0) is 120 Å². The molecule has 6 aromatic carbocycles. The summed E-state index contributed by atoms with van der Waals surface area (Å²) in [4.78, 5) is 0. The second-order valence-electron chi connectivity index (χ2n) is 13.6. The number of rotatable bonds is 2. The summed E-state index contributed by atoms with van der Waals surface area (Å²) in [5.74, 6) is 11.9. The Morgan fingerprint density at radius 2 is 0.638 bits per heavy atom. The molecule has 4 aromatic heterocycles. The molecule has 0 saturated carbocycles. The molecule has 0 spiro atoms. The average Bonchev–Trinajstić information content (AvgIpc) is 3.96. The summed E-state index contributed by atoms with van der Waals surface area (Å²) in [7, 11) is 0. The lowest BCUT2D eigenvalue weighted by atomic mass is 10.1. The monoisotopic (exact) mass is 776 g/mol. The first-order valence-electron chi connectivity index (χ1n) is 17.8. The lowest BCUT2D eigenvalue weighted by molar-refractivity contribution is -0.138. The summed E-state index contributed by atoms with van der Waals surface area (Å²) in [5.41, 5.74) is 7.45. The maximum atomic E-state index is 12.9. The lowest BCUT2D eigenvalue weighted by Gasteiger charge is -2.05. The molecule has 0 radical (unpaired) electrons. The minimum Gasteiger partial charge on any atom is -0.452 e. The molecule has 10 aromatic rings. The molecule has 0 fully saturated rings. The highest BCUT2D eigenvalue weighted by atomic mass is 19.4.